The third-order valence-electron chi connectivity index (χ3n) is 1.54. The van der Waals surface area contributed by atoms with Crippen LogP contribution in [0.25, 0.3) is 0 Å². The molecule has 0 bridgehead atoms. The molecule has 3 amide bonds. The number of carbonyl (C=O) groups is 2. The Morgan fingerprint density at radius 2 is 2.27 bits per heavy atom. The average molecular weight is 158 g/mol. The largest absolute Gasteiger partial charge is 0.353 e. The first-order valence-corrected chi connectivity index (χ1v) is 3.35. The molecule has 0 radical (unpaired) electrons. The van der Waals surface area contributed by atoms with Crippen LogP contribution >= 0.6 is 0 Å². The lowest BCUT2D eigenvalue weighted by atomic mass is 10.5. The summed E-state index contributed by atoms with van der Waals surface area (Å²) in [6, 6.07) is -0.385. The highest BCUT2D eigenvalue weighted by Crippen LogP contribution is 2.05. The van der Waals surface area contributed by atoms with Crippen LogP contribution in [0, 0.1) is 0 Å². The normalized spacial score (nSPS) is 24.2. The highest BCUT2D eigenvalue weighted by molar-refractivity contribution is 6.03. The molecule has 1 aliphatic heterocycles. The summed E-state index contributed by atoms with van der Waals surface area (Å²) in [4.78, 5) is 23.1. The van der Waals surface area contributed by atoms with Crippen LogP contribution in [-0.4, -0.2) is 36.7 Å². The fourth-order valence-electron chi connectivity index (χ4n) is 0.953. The van der Waals surface area contributed by atoms with E-state index in [1.165, 1.54) is 7.11 Å². The zero-order valence-corrected chi connectivity index (χ0v) is 6.46. The standard InChI is InChI=1S/C6H10N2O3/c1-3-8-5(9)4(11-2)7-6(8)10/h4H,3H2,1-2H3,(H,7,10). The van der Waals surface area contributed by atoms with Crippen LogP contribution in [0.1, 0.15) is 6.92 Å². The second-order valence-electron chi connectivity index (χ2n) is 2.15. The van der Waals surface area contributed by atoms with E-state index in [1.54, 1.807) is 6.92 Å². The molecule has 5 heteroatoms. The summed E-state index contributed by atoms with van der Waals surface area (Å²) < 4.78 is 4.70. The summed E-state index contributed by atoms with van der Waals surface area (Å²) in [5, 5.41) is 2.37. The number of methoxy groups -OCH3 is 1. The molecule has 1 saturated heterocycles. The number of likely N-dealkylation sites (N-methyl/N-ethyl adjacent to an activating group) is 1. The number of hydrogen-bond donors (Lipinski definition) is 1. The average Bonchev–Trinajstić information content (AvgIpc) is 2.26. The summed E-state index contributed by atoms with van der Waals surface area (Å²) in [6.07, 6.45) is -0.789. The van der Waals surface area contributed by atoms with Gasteiger partial charge in [-0.25, -0.2) is 4.79 Å². The predicted molar refractivity (Wildman–Crippen MR) is 36.7 cm³/mol. The Morgan fingerprint density at radius 1 is 1.64 bits per heavy atom. The summed E-state index contributed by atoms with van der Waals surface area (Å²) >= 11 is 0. The van der Waals surface area contributed by atoms with Gasteiger partial charge in [-0.2, -0.15) is 0 Å². The van der Waals surface area contributed by atoms with Crippen LogP contribution in [0.15, 0.2) is 0 Å². The monoisotopic (exact) mass is 158 g/mol. The van der Waals surface area contributed by atoms with Crippen molar-refractivity contribution in [2.75, 3.05) is 13.7 Å². The van der Waals surface area contributed by atoms with E-state index in [-0.39, 0.29) is 11.9 Å². The molecular formula is C6H10N2O3. The molecule has 0 aromatic carbocycles. The Bertz CT molecular complexity index is 192. The molecule has 1 heterocycles. The lowest BCUT2D eigenvalue weighted by Crippen LogP contribution is -2.31. The van der Waals surface area contributed by atoms with E-state index in [9.17, 15) is 9.59 Å². The van der Waals surface area contributed by atoms with Crippen LogP contribution < -0.4 is 5.32 Å². The molecule has 1 unspecified atom stereocenters. The van der Waals surface area contributed by atoms with Gasteiger partial charge < -0.3 is 10.1 Å². The van der Waals surface area contributed by atoms with E-state index in [0.717, 1.165) is 4.90 Å². The Balaban J connectivity index is 2.71. The first-order chi connectivity index (χ1) is 5.20. The van der Waals surface area contributed by atoms with Crippen molar-refractivity contribution in [3.8, 4) is 0 Å². The molecular weight excluding hydrogens is 148 g/mol. The fraction of sp³-hybridized carbons (Fsp3) is 0.667. The highest BCUT2D eigenvalue weighted by atomic mass is 16.5. The zero-order valence-electron chi connectivity index (χ0n) is 6.46. The second-order valence-corrected chi connectivity index (χ2v) is 2.15. The van der Waals surface area contributed by atoms with Crippen molar-refractivity contribution in [3.05, 3.63) is 0 Å². The van der Waals surface area contributed by atoms with E-state index in [4.69, 9.17) is 4.74 Å². The Kier molecular flexibility index (Phi) is 2.09. The van der Waals surface area contributed by atoms with Gasteiger partial charge in [-0.15, -0.1) is 0 Å². The van der Waals surface area contributed by atoms with Gasteiger partial charge in [0, 0.05) is 13.7 Å². The van der Waals surface area contributed by atoms with Gasteiger partial charge in [-0.3, -0.25) is 9.69 Å². The van der Waals surface area contributed by atoms with Crippen LogP contribution in [0.2, 0.25) is 0 Å². The SMILES string of the molecule is CCN1C(=O)NC(OC)C1=O. The molecule has 0 aromatic heterocycles. The second kappa shape index (κ2) is 2.87. The van der Waals surface area contributed by atoms with Gasteiger partial charge in [0.05, 0.1) is 0 Å². The maximum Gasteiger partial charge on any atom is 0.326 e. The van der Waals surface area contributed by atoms with Crippen molar-refractivity contribution in [2.24, 2.45) is 0 Å². The van der Waals surface area contributed by atoms with E-state index in [1.807, 2.05) is 0 Å². The first kappa shape index (κ1) is 8.00. The summed E-state index contributed by atoms with van der Waals surface area (Å²) in [6.45, 7) is 2.11. The minimum Gasteiger partial charge on any atom is -0.353 e. The minimum absolute atomic E-state index is 0.319. The molecule has 1 rings (SSSR count). The Labute approximate surface area is 64.3 Å². The van der Waals surface area contributed by atoms with Crippen molar-refractivity contribution < 1.29 is 14.3 Å². The summed E-state index contributed by atoms with van der Waals surface area (Å²) in [5.74, 6) is -0.319. The molecule has 62 valence electrons. The molecule has 5 nitrogen and oxygen atoms in total. The van der Waals surface area contributed by atoms with Crippen LogP contribution in [0.4, 0.5) is 4.79 Å². The zero-order chi connectivity index (χ0) is 8.43. The molecule has 1 N–H and O–H groups in total. The lowest BCUT2D eigenvalue weighted by Gasteiger charge is -2.07. The third-order valence-corrected chi connectivity index (χ3v) is 1.54. The molecule has 0 aromatic rings. The number of nitrogens with one attached hydrogen (secondary N) is 1. The molecule has 0 spiro atoms. The number of imide groups is 1. The van der Waals surface area contributed by atoms with Crippen molar-refractivity contribution in [1.82, 2.24) is 10.2 Å². The molecule has 1 atom stereocenters. The number of carbonyl (C=O) groups excluding carboxylic acids is 2. The first-order valence-electron chi connectivity index (χ1n) is 3.35. The smallest absolute Gasteiger partial charge is 0.326 e. The third kappa shape index (κ3) is 1.19. The van der Waals surface area contributed by atoms with E-state index in [2.05, 4.69) is 5.32 Å². The maximum atomic E-state index is 11.1. The Hall–Kier alpha value is -1.10. The minimum atomic E-state index is -0.789. The van der Waals surface area contributed by atoms with Crippen LogP contribution in [0.3, 0.4) is 0 Å². The number of ether oxygens (including phenoxy) is 1. The number of urea groups is 1. The molecule has 1 aliphatic rings. The van der Waals surface area contributed by atoms with Crippen molar-refractivity contribution in [3.63, 3.8) is 0 Å². The summed E-state index contributed by atoms with van der Waals surface area (Å²) in [5.41, 5.74) is 0. The number of hydrogen-bond acceptors (Lipinski definition) is 3. The molecule has 0 saturated carbocycles. The van der Waals surface area contributed by atoms with E-state index < -0.39 is 6.23 Å². The van der Waals surface area contributed by atoms with Crippen molar-refractivity contribution >= 4 is 11.9 Å². The summed E-state index contributed by atoms with van der Waals surface area (Å²) in [7, 11) is 1.38. The van der Waals surface area contributed by atoms with Gasteiger partial charge in [0.1, 0.15) is 0 Å². The van der Waals surface area contributed by atoms with E-state index in [0.29, 0.717) is 6.54 Å². The highest BCUT2D eigenvalue weighted by Gasteiger charge is 2.36. The number of amides is 3. The van der Waals surface area contributed by atoms with Crippen molar-refractivity contribution in [2.45, 2.75) is 13.2 Å². The van der Waals surface area contributed by atoms with Gasteiger partial charge in [0.25, 0.3) is 5.91 Å². The van der Waals surface area contributed by atoms with E-state index >= 15 is 0 Å². The maximum absolute atomic E-state index is 11.1. The van der Waals surface area contributed by atoms with Crippen LogP contribution in [-0.2, 0) is 9.53 Å². The molecule has 0 aliphatic carbocycles. The quantitative estimate of drug-likeness (QED) is 0.553. The fourth-order valence-corrected chi connectivity index (χ4v) is 0.953. The topological polar surface area (TPSA) is 58.6 Å². The van der Waals surface area contributed by atoms with Gasteiger partial charge in [0.2, 0.25) is 6.23 Å². The lowest BCUT2D eigenvalue weighted by molar-refractivity contribution is -0.135. The van der Waals surface area contributed by atoms with Gasteiger partial charge >= 0.3 is 6.03 Å². The van der Waals surface area contributed by atoms with Crippen LogP contribution in [0.5, 0.6) is 0 Å². The van der Waals surface area contributed by atoms with Gasteiger partial charge in [0.15, 0.2) is 0 Å². The number of rotatable bonds is 2. The predicted octanol–water partition coefficient (Wildman–Crippen LogP) is -0.469. The van der Waals surface area contributed by atoms with Gasteiger partial charge in [-0.1, -0.05) is 0 Å². The number of nitrogens with zero attached hydrogens (tertiary/aromatic N) is 1. The van der Waals surface area contributed by atoms with Gasteiger partial charge in [-0.05, 0) is 6.92 Å². The molecule has 1 fully saturated rings. The Morgan fingerprint density at radius 3 is 2.55 bits per heavy atom. The molecule has 11 heavy (non-hydrogen) atoms. The van der Waals surface area contributed by atoms with Crippen molar-refractivity contribution in [1.29, 1.82) is 0 Å².